The van der Waals surface area contributed by atoms with Gasteiger partial charge >= 0.3 is 0 Å². The zero-order valence-corrected chi connectivity index (χ0v) is 14.6. The fourth-order valence-corrected chi connectivity index (χ4v) is 3.01. The van der Waals surface area contributed by atoms with Crippen LogP contribution in [0.4, 0.5) is 0 Å². The average Bonchev–Trinajstić information content (AvgIpc) is 2.47. The molecule has 4 N–H and O–H groups in total. The molecule has 1 aliphatic rings. The van der Waals surface area contributed by atoms with E-state index in [1.165, 1.54) is 6.42 Å². The summed E-state index contributed by atoms with van der Waals surface area (Å²) >= 11 is 0. The maximum Gasteiger partial charge on any atom is 0.261 e. The monoisotopic (exact) mass is 345 g/mol. The molecular formula is C16H27NO5S. The van der Waals surface area contributed by atoms with Gasteiger partial charge < -0.3 is 15.6 Å². The van der Waals surface area contributed by atoms with E-state index in [0.29, 0.717) is 12.8 Å². The van der Waals surface area contributed by atoms with Gasteiger partial charge in [0.25, 0.3) is 10.1 Å². The van der Waals surface area contributed by atoms with Gasteiger partial charge in [-0.2, -0.15) is 8.42 Å². The lowest BCUT2D eigenvalue weighted by atomic mass is 9.73. The Morgan fingerprint density at radius 1 is 1.22 bits per heavy atom. The van der Waals surface area contributed by atoms with E-state index in [0.717, 1.165) is 37.0 Å². The van der Waals surface area contributed by atoms with E-state index < -0.39 is 15.7 Å². The zero-order valence-electron chi connectivity index (χ0n) is 13.7. The lowest BCUT2D eigenvalue weighted by Crippen LogP contribution is -2.41. The van der Waals surface area contributed by atoms with Crippen LogP contribution in [-0.4, -0.2) is 43.6 Å². The van der Waals surface area contributed by atoms with E-state index in [4.69, 9.17) is 15.0 Å². The minimum absolute atomic E-state index is 0.0312. The summed E-state index contributed by atoms with van der Waals surface area (Å²) in [5.74, 6) is 0.869. The molecule has 0 radical (unpaired) electrons. The fraction of sp³-hybridized carbons (Fsp3) is 0.625. The van der Waals surface area contributed by atoms with Crippen LogP contribution >= 0.6 is 0 Å². The third-order valence-corrected chi connectivity index (χ3v) is 4.12. The molecule has 23 heavy (non-hydrogen) atoms. The van der Waals surface area contributed by atoms with Gasteiger partial charge in [0.2, 0.25) is 0 Å². The largest absolute Gasteiger partial charge is 0.497 e. The van der Waals surface area contributed by atoms with Crippen molar-refractivity contribution in [1.29, 1.82) is 0 Å². The van der Waals surface area contributed by atoms with Crippen molar-refractivity contribution >= 4 is 10.1 Å². The summed E-state index contributed by atoms with van der Waals surface area (Å²) in [7, 11) is -2.01. The topological polar surface area (TPSA) is 110 Å². The summed E-state index contributed by atoms with van der Waals surface area (Å²) in [4.78, 5) is 0. The molecule has 0 aromatic heterocycles. The van der Waals surface area contributed by atoms with Gasteiger partial charge in [0.15, 0.2) is 0 Å². The summed E-state index contributed by atoms with van der Waals surface area (Å²) in [5.41, 5.74) is 6.39. The molecule has 6 nitrogen and oxygen atoms in total. The molecule has 7 heteroatoms. The molecule has 1 fully saturated rings. The van der Waals surface area contributed by atoms with Crippen LogP contribution in [-0.2, 0) is 10.1 Å². The van der Waals surface area contributed by atoms with Crippen molar-refractivity contribution in [3.05, 3.63) is 29.8 Å². The number of benzene rings is 1. The maximum atomic E-state index is 10.8. The van der Waals surface area contributed by atoms with E-state index in [9.17, 15) is 13.5 Å². The van der Waals surface area contributed by atoms with Gasteiger partial charge in [-0.15, -0.1) is 0 Å². The van der Waals surface area contributed by atoms with Gasteiger partial charge in [-0.05, 0) is 30.5 Å². The summed E-state index contributed by atoms with van der Waals surface area (Å²) in [6, 6.07) is 7.90. The Kier molecular flexibility index (Phi) is 7.47. The van der Waals surface area contributed by atoms with Crippen LogP contribution in [0.2, 0.25) is 0 Å². The van der Waals surface area contributed by atoms with Crippen LogP contribution in [0.3, 0.4) is 0 Å². The van der Waals surface area contributed by atoms with Crippen LogP contribution < -0.4 is 10.5 Å². The Morgan fingerprint density at radius 2 is 1.70 bits per heavy atom. The van der Waals surface area contributed by atoms with E-state index in [-0.39, 0.29) is 5.92 Å². The second-order valence-corrected chi connectivity index (χ2v) is 7.42. The lowest BCUT2D eigenvalue weighted by Gasteiger charge is -2.39. The molecule has 0 amide bonds. The van der Waals surface area contributed by atoms with Crippen LogP contribution in [0, 0.1) is 0 Å². The maximum absolute atomic E-state index is 10.8. The lowest BCUT2D eigenvalue weighted by molar-refractivity contribution is -0.0194. The average molecular weight is 345 g/mol. The molecule has 2 rings (SSSR count). The summed E-state index contributed by atoms with van der Waals surface area (Å²) in [5, 5.41) is 10.8. The molecule has 1 unspecified atom stereocenters. The first kappa shape index (κ1) is 19.9. The van der Waals surface area contributed by atoms with Gasteiger partial charge in [0, 0.05) is 12.5 Å². The number of aliphatic hydroxyl groups is 1. The highest BCUT2D eigenvalue weighted by Gasteiger charge is 2.37. The van der Waals surface area contributed by atoms with Gasteiger partial charge in [-0.3, -0.25) is 4.55 Å². The van der Waals surface area contributed by atoms with Gasteiger partial charge in [0.05, 0.1) is 19.0 Å². The highest BCUT2D eigenvalue weighted by molar-refractivity contribution is 7.85. The second-order valence-electron chi connectivity index (χ2n) is 5.96. The highest BCUT2D eigenvalue weighted by Crippen LogP contribution is 2.39. The number of rotatable bonds is 4. The highest BCUT2D eigenvalue weighted by atomic mass is 32.2. The van der Waals surface area contributed by atoms with Gasteiger partial charge in [-0.25, -0.2) is 0 Å². The standard InChI is InChI=1S/C15H23NO2.CH4O3S/c1-18-13-7-5-12(6-8-13)14(11-16)15(17)9-3-2-4-10-15;1-5(2,3)4/h5-8,14,17H,2-4,9-11,16H2,1H3;1H3,(H,2,3,4). The molecule has 0 aliphatic heterocycles. The van der Waals surface area contributed by atoms with E-state index >= 15 is 0 Å². The van der Waals surface area contributed by atoms with E-state index in [2.05, 4.69) is 0 Å². The Morgan fingerprint density at radius 3 is 2.09 bits per heavy atom. The predicted octanol–water partition coefficient (Wildman–Crippen LogP) is 1.94. The first-order valence-electron chi connectivity index (χ1n) is 7.68. The fourth-order valence-electron chi connectivity index (χ4n) is 3.01. The van der Waals surface area contributed by atoms with Crippen molar-refractivity contribution in [2.45, 2.75) is 43.6 Å². The van der Waals surface area contributed by atoms with Crippen LogP contribution in [0.1, 0.15) is 43.6 Å². The SMILES string of the molecule is COc1ccc(C(CN)C2(O)CCCCC2)cc1.CS(=O)(=O)O. The van der Waals surface area contributed by atoms with Crippen LogP contribution in [0.15, 0.2) is 24.3 Å². The molecule has 1 aromatic rings. The minimum Gasteiger partial charge on any atom is -0.497 e. The van der Waals surface area contributed by atoms with Crippen LogP contribution in [0.25, 0.3) is 0 Å². The van der Waals surface area contributed by atoms with Crippen molar-refractivity contribution in [2.24, 2.45) is 5.73 Å². The van der Waals surface area contributed by atoms with E-state index in [1.54, 1.807) is 7.11 Å². The zero-order chi connectivity index (χ0) is 17.5. The second kappa shape index (κ2) is 8.63. The molecule has 0 heterocycles. The molecular weight excluding hydrogens is 318 g/mol. The van der Waals surface area contributed by atoms with Crippen molar-refractivity contribution in [3.63, 3.8) is 0 Å². The Labute approximate surface area is 138 Å². The van der Waals surface area contributed by atoms with Crippen LogP contribution in [0.5, 0.6) is 5.75 Å². The molecule has 0 saturated heterocycles. The number of ether oxygens (including phenoxy) is 1. The van der Waals surface area contributed by atoms with Crippen molar-refractivity contribution in [2.75, 3.05) is 19.9 Å². The first-order chi connectivity index (χ1) is 10.7. The van der Waals surface area contributed by atoms with Crippen molar-refractivity contribution < 1.29 is 22.8 Å². The number of nitrogens with two attached hydrogens (primary N) is 1. The molecule has 1 atom stereocenters. The molecule has 132 valence electrons. The normalized spacial score (nSPS) is 18.5. The smallest absolute Gasteiger partial charge is 0.261 e. The molecule has 1 aliphatic carbocycles. The quantitative estimate of drug-likeness (QED) is 0.719. The molecule has 1 aromatic carbocycles. The third-order valence-electron chi connectivity index (χ3n) is 4.12. The number of hydrogen-bond acceptors (Lipinski definition) is 5. The molecule has 0 bridgehead atoms. The van der Waals surface area contributed by atoms with E-state index in [1.807, 2.05) is 24.3 Å². The minimum atomic E-state index is -3.67. The van der Waals surface area contributed by atoms with Gasteiger partial charge in [-0.1, -0.05) is 31.4 Å². The number of hydrogen-bond donors (Lipinski definition) is 3. The Balaban J connectivity index is 0.000000463. The summed E-state index contributed by atoms with van der Waals surface area (Å²) in [6.07, 6.45) is 5.86. The van der Waals surface area contributed by atoms with Crippen molar-refractivity contribution in [1.82, 2.24) is 0 Å². The third kappa shape index (κ3) is 6.87. The predicted molar refractivity (Wildman–Crippen MR) is 90.3 cm³/mol. The Bertz CT molecular complexity index is 557. The number of methoxy groups -OCH3 is 1. The summed E-state index contributed by atoms with van der Waals surface area (Å²) in [6.45, 7) is 0.489. The first-order valence-corrected chi connectivity index (χ1v) is 9.53. The molecule has 1 saturated carbocycles. The summed E-state index contributed by atoms with van der Waals surface area (Å²) < 4.78 is 31.0. The molecule has 0 spiro atoms. The van der Waals surface area contributed by atoms with Gasteiger partial charge in [0.1, 0.15) is 5.75 Å². The van der Waals surface area contributed by atoms with Crippen molar-refractivity contribution in [3.8, 4) is 5.75 Å². The Hall–Kier alpha value is -1.15.